The van der Waals surface area contributed by atoms with Crippen LogP contribution in [0.4, 0.5) is 0 Å². The summed E-state index contributed by atoms with van der Waals surface area (Å²) >= 11 is 0. The van der Waals surface area contributed by atoms with Crippen LogP contribution in [0, 0.1) is 17.2 Å². The molecular formula is C14H25N3O2. The third-order valence-electron chi connectivity index (χ3n) is 3.52. The average Bonchev–Trinajstić information content (AvgIpc) is 2.43. The number of rotatable bonds is 7. The Kier molecular flexibility index (Phi) is 7.46. The van der Waals surface area contributed by atoms with Crippen LogP contribution in [0.5, 0.6) is 0 Å². The molecule has 1 aliphatic rings. The fraction of sp³-hybridized carbons (Fsp3) is 0.857. The second-order valence-corrected chi connectivity index (χ2v) is 5.32. The topological polar surface area (TPSA) is 56.6 Å². The van der Waals surface area contributed by atoms with Gasteiger partial charge in [0, 0.05) is 39.7 Å². The van der Waals surface area contributed by atoms with E-state index in [1.54, 1.807) is 11.9 Å². The zero-order valence-electron chi connectivity index (χ0n) is 12.1. The Morgan fingerprint density at radius 2 is 2.21 bits per heavy atom. The molecule has 0 aliphatic carbocycles. The number of nitrogens with zero attached hydrogens (tertiary/aromatic N) is 3. The molecule has 1 aliphatic heterocycles. The van der Waals surface area contributed by atoms with E-state index in [-0.39, 0.29) is 5.91 Å². The highest BCUT2D eigenvalue weighted by molar-refractivity contribution is 5.76. The molecule has 5 nitrogen and oxygen atoms in total. The summed E-state index contributed by atoms with van der Waals surface area (Å²) in [4.78, 5) is 15.7. The molecule has 0 N–H and O–H groups in total. The van der Waals surface area contributed by atoms with Crippen molar-refractivity contribution in [1.29, 1.82) is 5.26 Å². The molecule has 1 unspecified atom stereocenters. The second kappa shape index (κ2) is 8.89. The first-order valence-electron chi connectivity index (χ1n) is 7.00. The van der Waals surface area contributed by atoms with Gasteiger partial charge in [-0.3, -0.25) is 4.79 Å². The van der Waals surface area contributed by atoms with Crippen molar-refractivity contribution in [1.82, 2.24) is 9.80 Å². The summed E-state index contributed by atoms with van der Waals surface area (Å²) in [5.41, 5.74) is 0. The molecule has 0 aromatic carbocycles. The van der Waals surface area contributed by atoms with E-state index in [2.05, 4.69) is 18.0 Å². The maximum absolute atomic E-state index is 11.8. The lowest BCUT2D eigenvalue weighted by atomic mass is 10.0. The molecule has 108 valence electrons. The predicted octanol–water partition coefficient (Wildman–Crippen LogP) is 1.11. The van der Waals surface area contributed by atoms with Crippen LogP contribution in [-0.4, -0.2) is 62.7 Å². The summed E-state index contributed by atoms with van der Waals surface area (Å²) in [5, 5.41) is 8.49. The summed E-state index contributed by atoms with van der Waals surface area (Å²) in [6, 6.07) is 2.05. The minimum Gasteiger partial charge on any atom is -0.381 e. The van der Waals surface area contributed by atoms with E-state index in [1.165, 1.54) is 6.42 Å². The lowest BCUT2D eigenvalue weighted by Crippen LogP contribution is -2.35. The summed E-state index contributed by atoms with van der Waals surface area (Å²) in [5.74, 6) is 0.715. The lowest BCUT2D eigenvalue weighted by Gasteiger charge is -2.27. The van der Waals surface area contributed by atoms with Crippen molar-refractivity contribution < 1.29 is 9.53 Å². The summed E-state index contributed by atoms with van der Waals surface area (Å²) in [6.07, 6.45) is 3.29. The van der Waals surface area contributed by atoms with Gasteiger partial charge in [0.25, 0.3) is 0 Å². The van der Waals surface area contributed by atoms with Crippen LogP contribution in [0.25, 0.3) is 0 Å². The molecule has 19 heavy (non-hydrogen) atoms. The molecule has 1 saturated heterocycles. The molecule has 1 heterocycles. The molecule has 1 fully saturated rings. The van der Waals surface area contributed by atoms with Crippen molar-refractivity contribution >= 4 is 5.91 Å². The minimum atomic E-state index is 0.113. The maximum Gasteiger partial charge on any atom is 0.223 e. The smallest absolute Gasteiger partial charge is 0.223 e. The van der Waals surface area contributed by atoms with Crippen molar-refractivity contribution in [3.63, 3.8) is 0 Å². The lowest BCUT2D eigenvalue weighted by molar-refractivity contribution is -0.130. The Bertz CT molecular complexity index is 308. The molecule has 0 aromatic rings. The van der Waals surface area contributed by atoms with Crippen LogP contribution in [0.15, 0.2) is 0 Å². The molecule has 1 amide bonds. The Hall–Kier alpha value is -1.12. The van der Waals surface area contributed by atoms with Gasteiger partial charge >= 0.3 is 0 Å². The number of amides is 1. The van der Waals surface area contributed by atoms with Crippen molar-refractivity contribution in [2.75, 3.05) is 46.9 Å². The molecule has 0 aromatic heterocycles. The Morgan fingerprint density at radius 1 is 1.42 bits per heavy atom. The molecular weight excluding hydrogens is 242 g/mol. The summed E-state index contributed by atoms with van der Waals surface area (Å²) in [7, 11) is 3.81. The van der Waals surface area contributed by atoms with Crippen LogP contribution in [0.1, 0.15) is 25.7 Å². The van der Waals surface area contributed by atoms with Crippen LogP contribution < -0.4 is 0 Å². The maximum atomic E-state index is 11.8. The first-order valence-corrected chi connectivity index (χ1v) is 7.00. The zero-order valence-corrected chi connectivity index (χ0v) is 12.1. The third kappa shape index (κ3) is 6.55. The quantitative estimate of drug-likeness (QED) is 0.693. The Labute approximate surface area is 116 Å². The summed E-state index contributed by atoms with van der Waals surface area (Å²) < 4.78 is 5.46. The predicted molar refractivity (Wildman–Crippen MR) is 73.5 cm³/mol. The highest BCUT2D eigenvalue weighted by Gasteiger charge is 2.16. The monoisotopic (exact) mass is 267 g/mol. The molecule has 5 heteroatoms. The van der Waals surface area contributed by atoms with Crippen LogP contribution in [0.3, 0.4) is 0 Å². The van der Waals surface area contributed by atoms with Gasteiger partial charge in [-0.05, 0) is 25.8 Å². The van der Waals surface area contributed by atoms with Gasteiger partial charge in [0.2, 0.25) is 5.91 Å². The van der Waals surface area contributed by atoms with Gasteiger partial charge in [-0.2, -0.15) is 5.26 Å². The standard InChI is InChI=1S/C14H25N3O2/c1-16(11-13-5-3-10-19-12-13)9-6-14(18)17(2)8-4-7-15/h13H,3-6,8-12H2,1-2H3. The molecule has 0 radical (unpaired) electrons. The number of hydrogen-bond donors (Lipinski definition) is 0. The largest absolute Gasteiger partial charge is 0.381 e. The third-order valence-corrected chi connectivity index (χ3v) is 3.52. The molecule has 0 bridgehead atoms. The van der Waals surface area contributed by atoms with Gasteiger partial charge in [-0.1, -0.05) is 0 Å². The van der Waals surface area contributed by atoms with Crippen LogP contribution >= 0.6 is 0 Å². The first-order chi connectivity index (χ1) is 9.13. The van der Waals surface area contributed by atoms with E-state index in [9.17, 15) is 4.79 Å². The number of hydrogen-bond acceptors (Lipinski definition) is 4. The van der Waals surface area contributed by atoms with Crippen LogP contribution in [0.2, 0.25) is 0 Å². The van der Waals surface area contributed by atoms with E-state index in [0.717, 1.165) is 32.7 Å². The fourth-order valence-electron chi connectivity index (χ4n) is 2.30. The fourth-order valence-corrected chi connectivity index (χ4v) is 2.30. The number of ether oxygens (including phenoxy) is 1. The molecule has 1 rings (SSSR count). The Balaban J connectivity index is 2.16. The van der Waals surface area contributed by atoms with Gasteiger partial charge in [0.15, 0.2) is 0 Å². The van der Waals surface area contributed by atoms with E-state index in [0.29, 0.717) is 25.3 Å². The van der Waals surface area contributed by atoms with Gasteiger partial charge in [0.1, 0.15) is 0 Å². The van der Waals surface area contributed by atoms with Crippen molar-refractivity contribution in [3.8, 4) is 6.07 Å². The second-order valence-electron chi connectivity index (χ2n) is 5.32. The Morgan fingerprint density at radius 3 is 2.84 bits per heavy atom. The van der Waals surface area contributed by atoms with Gasteiger partial charge in [-0.25, -0.2) is 0 Å². The SMILES string of the molecule is CN(CCC(=O)N(C)CCC#N)CC1CCCOC1. The number of nitriles is 1. The molecule has 1 atom stereocenters. The first kappa shape index (κ1) is 15.9. The van der Waals surface area contributed by atoms with E-state index < -0.39 is 0 Å². The van der Waals surface area contributed by atoms with Crippen molar-refractivity contribution in [2.45, 2.75) is 25.7 Å². The minimum absolute atomic E-state index is 0.113. The average molecular weight is 267 g/mol. The molecule has 0 spiro atoms. The highest BCUT2D eigenvalue weighted by atomic mass is 16.5. The van der Waals surface area contributed by atoms with Crippen molar-refractivity contribution in [2.24, 2.45) is 5.92 Å². The van der Waals surface area contributed by atoms with Gasteiger partial charge < -0.3 is 14.5 Å². The summed E-state index contributed by atoms with van der Waals surface area (Å²) in [6.45, 7) is 4.03. The van der Waals surface area contributed by atoms with Crippen LogP contribution in [-0.2, 0) is 9.53 Å². The van der Waals surface area contributed by atoms with Crippen molar-refractivity contribution in [3.05, 3.63) is 0 Å². The molecule has 0 saturated carbocycles. The number of carbonyl (C=O) groups is 1. The van der Waals surface area contributed by atoms with E-state index in [4.69, 9.17) is 10.00 Å². The van der Waals surface area contributed by atoms with Gasteiger partial charge in [-0.15, -0.1) is 0 Å². The number of carbonyl (C=O) groups excluding carboxylic acids is 1. The highest BCUT2D eigenvalue weighted by Crippen LogP contribution is 2.14. The van der Waals surface area contributed by atoms with Gasteiger partial charge in [0.05, 0.1) is 19.1 Å². The zero-order chi connectivity index (χ0) is 14.1. The van der Waals surface area contributed by atoms with E-state index in [1.807, 2.05) is 0 Å². The van der Waals surface area contributed by atoms with E-state index >= 15 is 0 Å². The normalized spacial score (nSPS) is 19.2.